The molecule has 0 aromatic rings. The van der Waals surface area contributed by atoms with Crippen LogP contribution < -0.4 is 10.6 Å². The van der Waals surface area contributed by atoms with Crippen LogP contribution in [0, 0.1) is 0 Å². The van der Waals surface area contributed by atoms with Gasteiger partial charge in [-0.25, -0.2) is 9.59 Å². The Morgan fingerprint density at radius 1 is 1.43 bits per heavy atom. The Bertz CT molecular complexity index is 236. The average Bonchev–Trinajstić information content (AvgIpc) is 2.07. The zero-order valence-corrected chi connectivity index (χ0v) is 8.30. The highest BCUT2D eigenvalue weighted by Gasteiger charge is 2.45. The Labute approximate surface area is 82.9 Å². The van der Waals surface area contributed by atoms with Gasteiger partial charge in [0.15, 0.2) is 0 Å². The molecular formula is C9H16N2O3. The van der Waals surface area contributed by atoms with Gasteiger partial charge in [0.05, 0.1) is 0 Å². The number of urea groups is 1. The van der Waals surface area contributed by atoms with Crippen LogP contribution in [0.4, 0.5) is 4.79 Å². The normalized spacial score (nSPS) is 18.1. The Morgan fingerprint density at radius 2 is 2.07 bits per heavy atom. The second kappa shape index (κ2) is 4.30. The van der Waals surface area contributed by atoms with E-state index in [1.54, 1.807) is 0 Å². The summed E-state index contributed by atoms with van der Waals surface area (Å²) in [6.07, 6.45) is 2.76. The van der Waals surface area contributed by atoms with Gasteiger partial charge < -0.3 is 15.7 Å². The lowest BCUT2D eigenvalue weighted by molar-refractivity contribution is -0.148. The van der Waals surface area contributed by atoms with Gasteiger partial charge >= 0.3 is 12.0 Å². The lowest BCUT2D eigenvalue weighted by Crippen LogP contribution is -2.61. The fraction of sp³-hybridized carbons (Fsp3) is 0.778. The van der Waals surface area contributed by atoms with Gasteiger partial charge in [0, 0.05) is 6.54 Å². The number of carbonyl (C=O) groups is 2. The Hall–Kier alpha value is -1.26. The fourth-order valence-corrected chi connectivity index (χ4v) is 1.42. The number of hydrogen-bond donors (Lipinski definition) is 3. The molecule has 0 bridgehead atoms. The summed E-state index contributed by atoms with van der Waals surface area (Å²) in [5.74, 6) is -0.935. The van der Waals surface area contributed by atoms with Gasteiger partial charge in [-0.1, -0.05) is 6.92 Å². The molecule has 5 heteroatoms. The third-order valence-corrected chi connectivity index (χ3v) is 2.50. The first kappa shape index (κ1) is 10.8. The molecule has 80 valence electrons. The molecule has 0 aromatic carbocycles. The molecule has 2 amide bonds. The highest BCUT2D eigenvalue weighted by Crippen LogP contribution is 2.31. The van der Waals surface area contributed by atoms with Crippen molar-refractivity contribution < 1.29 is 14.7 Å². The van der Waals surface area contributed by atoms with Crippen molar-refractivity contribution in [3.8, 4) is 0 Å². The number of carboxylic acids is 1. The monoisotopic (exact) mass is 200 g/mol. The van der Waals surface area contributed by atoms with Crippen molar-refractivity contribution >= 4 is 12.0 Å². The minimum absolute atomic E-state index is 0.381. The molecular weight excluding hydrogens is 184 g/mol. The number of rotatable bonds is 4. The molecule has 0 atom stereocenters. The highest BCUT2D eigenvalue weighted by atomic mass is 16.4. The first-order valence-electron chi connectivity index (χ1n) is 4.90. The maximum Gasteiger partial charge on any atom is 0.329 e. The third kappa shape index (κ3) is 2.16. The highest BCUT2D eigenvalue weighted by molar-refractivity contribution is 5.87. The average molecular weight is 200 g/mol. The van der Waals surface area contributed by atoms with Crippen molar-refractivity contribution in [2.75, 3.05) is 6.54 Å². The molecule has 0 aliphatic heterocycles. The number of carboxylic acid groups (broad SMARTS) is 1. The number of hydrogen-bond acceptors (Lipinski definition) is 2. The fourth-order valence-electron chi connectivity index (χ4n) is 1.42. The first-order valence-corrected chi connectivity index (χ1v) is 4.90. The Morgan fingerprint density at radius 3 is 2.43 bits per heavy atom. The van der Waals surface area contributed by atoms with Crippen molar-refractivity contribution in [3.05, 3.63) is 0 Å². The molecule has 0 heterocycles. The summed E-state index contributed by atoms with van der Waals surface area (Å²) >= 11 is 0. The minimum atomic E-state index is -1.00. The van der Waals surface area contributed by atoms with Crippen LogP contribution in [0.5, 0.6) is 0 Å². The van der Waals surface area contributed by atoms with Gasteiger partial charge in [-0.3, -0.25) is 0 Å². The Kier molecular flexibility index (Phi) is 3.33. The largest absolute Gasteiger partial charge is 0.480 e. The lowest BCUT2D eigenvalue weighted by atomic mass is 9.77. The molecule has 0 spiro atoms. The van der Waals surface area contributed by atoms with Crippen LogP contribution in [0.25, 0.3) is 0 Å². The molecule has 5 nitrogen and oxygen atoms in total. The maximum atomic E-state index is 11.2. The predicted octanol–water partition coefficient (Wildman–Crippen LogP) is 0.703. The molecule has 3 N–H and O–H groups in total. The van der Waals surface area contributed by atoms with E-state index in [1.165, 1.54) is 0 Å². The summed E-state index contributed by atoms with van der Waals surface area (Å²) in [4.78, 5) is 22.1. The topological polar surface area (TPSA) is 78.4 Å². The van der Waals surface area contributed by atoms with E-state index < -0.39 is 11.5 Å². The van der Waals surface area contributed by atoms with Crippen LogP contribution in [0.1, 0.15) is 32.6 Å². The van der Waals surface area contributed by atoms with Gasteiger partial charge in [0.2, 0.25) is 0 Å². The van der Waals surface area contributed by atoms with Crippen LogP contribution in [0.15, 0.2) is 0 Å². The van der Waals surface area contributed by atoms with E-state index in [1.807, 2.05) is 6.92 Å². The summed E-state index contributed by atoms with van der Waals surface area (Å²) in [7, 11) is 0. The second-order valence-electron chi connectivity index (χ2n) is 3.62. The van der Waals surface area contributed by atoms with E-state index in [-0.39, 0.29) is 6.03 Å². The SMILES string of the molecule is CCCNC(=O)NC1(C(=O)O)CCC1. The minimum Gasteiger partial charge on any atom is -0.480 e. The third-order valence-electron chi connectivity index (χ3n) is 2.50. The summed E-state index contributed by atoms with van der Waals surface area (Å²) in [6.45, 7) is 2.51. The molecule has 1 fully saturated rings. The van der Waals surface area contributed by atoms with Gasteiger partial charge in [0.25, 0.3) is 0 Å². The maximum absolute atomic E-state index is 11.2. The van der Waals surface area contributed by atoms with E-state index in [9.17, 15) is 9.59 Å². The standard InChI is InChI=1S/C9H16N2O3/c1-2-6-10-8(14)11-9(7(12)13)4-3-5-9/h2-6H2,1H3,(H,12,13)(H2,10,11,14). The van der Waals surface area contributed by atoms with E-state index in [4.69, 9.17) is 5.11 Å². The molecule has 0 unspecified atom stereocenters. The zero-order valence-electron chi connectivity index (χ0n) is 8.30. The number of amides is 2. The van der Waals surface area contributed by atoms with Crippen LogP contribution in [-0.4, -0.2) is 29.2 Å². The van der Waals surface area contributed by atoms with Crippen molar-refractivity contribution in [1.82, 2.24) is 10.6 Å². The van der Waals surface area contributed by atoms with E-state index in [2.05, 4.69) is 10.6 Å². The smallest absolute Gasteiger partial charge is 0.329 e. The quantitative estimate of drug-likeness (QED) is 0.625. The molecule has 1 aliphatic rings. The molecule has 0 radical (unpaired) electrons. The van der Waals surface area contributed by atoms with E-state index in [0.717, 1.165) is 12.8 Å². The van der Waals surface area contributed by atoms with Crippen molar-refractivity contribution in [2.45, 2.75) is 38.1 Å². The predicted molar refractivity (Wildman–Crippen MR) is 51.0 cm³/mol. The zero-order chi connectivity index (χ0) is 10.6. The Balaban J connectivity index is 2.41. The number of nitrogens with one attached hydrogen (secondary N) is 2. The van der Waals surface area contributed by atoms with E-state index in [0.29, 0.717) is 19.4 Å². The van der Waals surface area contributed by atoms with Crippen LogP contribution >= 0.6 is 0 Å². The van der Waals surface area contributed by atoms with Gasteiger partial charge in [0.1, 0.15) is 5.54 Å². The van der Waals surface area contributed by atoms with Crippen LogP contribution in [0.2, 0.25) is 0 Å². The molecule has 1 aliphatic carbocycles. The van der Waals surface area contributed by atoms with Gasteiger partial charge in [-0.15, -0.1) is 0 Å². The summed E-state index contributed by atoms with van der Waals surface area (Å²) in [6, 6.07) is -0.381. The first-order chi connectivity index (χ1) is 6.60. The molecule has 1 saturated carbocycles. The number of aliphatic carboxylic acids is 1. The molecule has 0 aromatic heterocycles. The van der Waals surface area contributed by atoms with E-state index >= 15 is 0 Å². The summed E-state index contributed by atoms with van der Waals surface area (Å²) in [5, 5.41) is 14.0. The summed E-state index contributed by atoms with van der Waals surface area (Å²) < 4.78 is 0. The molecule has 0 saturated heterocycles. The molecule has 1 rings (SSSR count). The number of carbonyl (C=O) groups excluding carboxylic acids is 1. The van der Waals surface area contributed by atoms with Crippen molar-refractivity contribution in [3.63, 3.8) is 0 Å². The van der Waals surface area contributed by atoms with Crippen LogP contribution in [-0.2, 0) is 4.79 Å². The van der Waals surface area contributed by atoms with Crippen molar-refractivity contribution in [2.24, 2.45) is 0 Å². The lowest BCUT2D eigenvalue weighted by Gasteiger charge is -2.38. The van der Waals surface area contributed by atoms with Crippen LogP contribution in [0.3, 0.4) is 0 Å². The summed E-state index contributed by atoms with van der Waals surface area (Å²) in [5.41, 5.74) is -1.00. The van der Waals surface area contributed by atoms with Crippen molar-refractivity contribution in [1.29, 1.82) is 0 Å². The molecule has 14 heavy (non-hydrogen) atoms. The second-order valence-corrected chi connectivity index (χ2v) is 3.62. The van der Waals surface area contributed by atoms with Gasteiger partial charge in [-0.2, -0.15) is 0 Å². The van der Waals surface area contributed by atoms with Gasteiger partial charge in [-0.05, 0) is 25.7 Å².